The zero-order valence-corrected chi connectivity index (χ0v) is 19.9. The van der Waals surface area contributed by atoms with E-state index in [1.165, 1.54) is 0 Å². The van der Waals surface area contributed by atoms with Gasteiger partial charge >= 0.3 is 0 Å². The minimum absolute atomic E-state index is 0.000747. The Balaban J connectivity index is 3.05. The quantitative estimate of drug-likeness (QED) is 0.555. The van der Waals surface area contributed by atoms with Gasteiger partial charge in [0.15, 0.2) is 0 Å². The highest BCUT2D eigenvalue weighted by molar-refractivity contribution is 5.12. The summed E-state index contributed by atoms with van der Waals surface area (Å²) in [5, 5.41) is 9.15. The molecule has 3 nitrogen and oxygen atoms in total. The van der Waals surface area contributed by atoms with Gasteiger partial charge in [-0.1, -0.05) is 81.4 Å². The van der Waals surface area contributed by atoms with E-state index in [4.69, 9.17) is 0 Å². The molecule has 1 unspecified atom stereocenters. The Morgan fingerprint density at radius 3 is 1.81 bits per heavy atom. The minimum Gasteiger partial charge on any atom is -0.247 e. The molecule has 0 fully saturated rings. The molecule has 1 aromatic rings. The molecule has 0 saturated heterocycles. The zero-order valence-electron chi connectivity index (χ0n) is 19.9. The summed E-state index contributed by atoms with van der Waals surface area (Å²) in [4.78, 5) is 0. The molecule has 1 aromatic heterocycles. The van der Waals surface area contributed by atoms with Gasteiger partial charge in [0.2, 0.25) is 0 Å². The number of aromatic nitrogens is 3. The van der Waals surface area contributed by atoms with E-state index >= 15 is 0 Å². The standard InChI is InChI=1S/C23H45N3/c1-17(19(2,3)4)14-23(12,13)26-15-18(24-25-26)21(8,9)16-22(10,11)20(5,6)7/h15,17H,14,16H2,1-13H3. The molecule has 0 aromatic carbocycles. The topological polar surface area (TPSA) is 30.7 Å². The summed E-state index contributed by atoms with van der Waals surface area (Å²) >= 11 is 0. The summed E-state index contributed by atoms with van der Waals surface area (Å²) in [7, 11) is 0. The van der Waals surface area contributed by atoms with Gasteiger partial charge < -0.3 is 0 Å². The van der Waals surface area contributed by atoms with Crippen molar-refractivity contribution in [2.75, 3.05) is 0 Å². The van der Waals surface area contributed by atoms with Gasteiger partial charge in [-0.2, -0.15) is 0 Å². The Labute approximate surface area is 163 Å². The largest absolute Gasteiger partial charge is 0.247 e. The van der Waals surface area contributed by atoms with E-state index < -0.39 is 0 Å². The van der Waals surface area contributed by atoms with Crippen molar-refractivity contribution >= 4 is 0 Å². The van der Waals surface area contributed by atoms with Crippen LogP contribution in [-0.4, -0.2) is 15.0 Å². The van der Waals surface area contributed by atoms with Crippen molar-refractivity contribution in [3.63, 3.8) is 0 Å². The number of rotatable bonds is 6. The van der Waals surface area contributed by atoms with Crippen LogP contribution in [0.2, 0.25) is 0 Å². The van der Waals surface area contributed by atoms with Gasteiger partial charge in [-0.3, -0.25) is 0 Å². The molecule has 26 heavy (non-hydrogen) atoms. The zero-order chi connectivity index (χ0) is 20.8. The van der Waals surface area contributed by atoms with Crippen LogP contribution in [-0.2, 0) is 11.0 Å². The fourth-order valence-corrected chi connectivity index (χ4v) is 3.48. The van der Waals surface area contributed by atoms with Gasteiger partial charge in [0.25, 0.3) is 0 Å². The fourth-order valence-electron chi connectivity index (χ4n) is 3.48. The van der Waals surface area contributed by atoms with Crippen LogP contribution >= 0.6 is 0 Å². The third-order valence-electron chi connectivity index (χ3n) is 7.01. The molecule has 1 rings (SSSR count). The molecule has 0 amide bonds. The summed E-state index contributed by atoms with van der Waals surface area (Å²) in [6.07, 6.45) is 4.36. The molecular formula is C23H45N3. The highest BCUT2D eigenvalue weighted by Crippen LogP contribution is 2.47. The van der Waals surface area contributed by atoms with Crippen molar-refractivity contribution in [2.24, 2.45) is 22.2 Å². The molecule has 0 saturated carbocycles. The van der Waals surface area contributed by atoms with E-state index in [0.717, 1.165) is 18.5 Å². The maximum absolute atomic E-state index is 4.60. The summed E-state index contributed by atoms with van der Waals surface area (Å²) in [5.74, 6) is 0.609. The lowest BCUT2D eigenvalue weighted by Gasteiger charge is -2.43. The third kappa shape index (κ3) is 5.33. The van der Waals surface area contributed by atoms with Crippen LogP contribution in [0.15, 0.2) is 6.20 Å². The second-order valence-corrected chi connectivity index (χ2v) is 12.5. The van der Waals surface area contributed by atoms with Crippen molar-refractivity contribution in [3.05, 3.63) is 11.9 Å². The van der Waals surface area contributed by atoms with E-state index in [2.05, 4.69) is 111 Å². The lowest BCUT2D eigenvalue weighted by Crippen LogP contribution is -2.36. The third-order valence-corrected chi connectivity index (χ3v) is 7.01. The first-order chi connectivity index (χ1) is 11.3. The van der Waals surface area contributed by atoms with E-state index in [0.29, 0.717) is 11.3 Å². The van der Waals surface area contributed by atoms with Gasteiger partial charge in [0, 0.05) is 11.6 Å². The first-order valence-electron chi connectivity index (χ1n) is 10.2. The predicted molar refractivity (Wildman–Crippen MR) is 113 cm³/mol. The highest BCUT2D eigenvalue weighted by atomic mass is 15.4. The van der Waals surface area contributed by atoms with Gasteiger partial charge in [-0.05, 0) is 48.9 Å². The molecular weight excluding hydrogens is 318 g/mol. The summed E-state index contributed by atoms with van der Waals surface area (Å²) < 4.78 is 2.09. The van der Waals surface area contributed by atoms with Crippen LogP contribution in [0.25, 0.3) is 0 Å². The van der Waals surface area contributed by atoms with Crippen molar-refractivity contribution in [1.29, 1.82) is 0 Å². The normalized spacial score (nSPS) is 16.0. The number of hydrogen-bond acceptors (Lipinski definition) is 2. The smallest absolute Gasteiger partial charge is 0.0883 e. The predicted octanol–water partition coefficient (Wildman–Crippen LogP) is 6.83. The molecule has 0 aliphatic rings. The molecule has 0 aliphatic heterocycles. The first-order valence-corrected chi connectivity index (χ1v) is 10.2. The molecule has 0 aliphatic carbocycles. The Kier molecular flexibility index (Phi) is 6.19. The van der Waals surface area contributed by atoms with E-state index in [1.54, 1.807) is 0 Å². The minimum atomic E-state index is -0.0342. The van der Waals surface area contributed by atoms with Crippen LogP contribution in [0.4, 0.5) is 0 Å². The number of hydrogen-bond donors (Lipinski definition) is 0. The highest BCUT2D eigenvalue weighted by Gasteiger charge is 2.40. The van der Waals surface area contributed by atoms with Gasteiger partial charge in [0.1, 0.15) is 0 Å². The van der Waals surface area contributed by atoms with Gasteiger partial charge in [0.05, 0.1) is 11.2 Å². The summed E-state index contributed by atoms with van der Waals surface area (Å²) in [6.45, 7) is 30.2. The average Bonchev–Trinajstić information content (AvgIpc) is 2.85. The van der Waals surface area contributed by atoms with Crippen LogP contribution in [0, 0.1) is 22.2 Å². The van der Waals surface area contributed by atoms with Gasteiger partial charge in [-0.15, -0.1) is 5.10 Å². The summed E-state index contributed by atoms with van der Waals surface area (Å²) in [5.41, 5.74) is 1.84. The second-order valence-electron chi connectivity index (χ2n) is 12.5. The molecule has 1 atom stereocenters. The second kappa shape index (κ2) is 6.95. The van der Waals surface area contributed by atoms with E-state index in [-0.39, 0.29) is 21.8 Å². The molecule has 152 valence electrons. The van der Waals surface area contributed by atoms with E-state index in [9.17, 15) is 0 Å². The summed E-state index contributed by atoms with van der Waals surface area (Å²) in [6, 6.07) is 0. The average molecular weight is 364 g/mol. The lowest BCUT2D eigenvalue weighted by molar-refractivity contribution is 0.0906. The van der Waals surface area contributed by atoms with Crippen LogP contribution < -0.4 is 0 Å². The van der Waals surface area contributed by atoms with Crippen molar-refractivity contribution in [3.8, 4) is 0 Å². The van der Waals surface area contributed by atoms with Crippen LogP contribution in [0.1, 0.15) is 109 Å². The molecule has 0 bridgehead atoms. The Morgan fingerprint density at radius 1 is 0.885 bits per heavy atom. The molecule has 0 spiro atoms. The van der Waals surface area contributed by atoms with E-state index in [1.807, 2.05) is 0 Å². The monoisotopic (exact) mass is 363 g/mol. The Hall–Kier alpha value is -0.860. The van der Waals surface area contributed by atoms with Crippen LogP contribution in [0.5, 0.6) is 0 Å². The van der Waals surface area contributed by atoms with Gasteiger partial charge in [-0.25, -0.2) is 4.68 Å². The molecule has 0 N–H and O–H groups in total. The fraction of sp³-hybridized carbons (Fsp3) is 0.913. The number of nitrogens with zero attached hydrogens (tertiary/aromatic N) is 3. The van der Waals surface area contributed by atoms with Crippen molar-refractivity contribution in [1.82, 2.24) is 15.0 Å². The van der Waals surface area contributed by atoms with Crippen molar-refractivity contribution in [2.45, 2.75) is 114 Å². The van der Waals surface area contributed by atoms with Crippen molar-refractivity contribution < 1.29 is 0 Å². The Bertz CT molecular complexity index is 592. The van der Waals surface area contributed by atoms with Crippen LogP contribution in [0.3, 0.4) is 0 Å². The SMILES string of the molecule is CC(CC(C)(C)n1cc(C(C)(C)CC(C)(C)C(C)(C)C)nn1)C(C)(C)C. The maximum Gasteiger partial charge on any atom is 0.0883 e. The lowest BCUT2D eigenvalue weighted by atomic mass is 9.61. The molecule has 0 radical (unpaired) electrons. The first kappa shape index (κ1) is 23.2. The maximum atomic E-state index is 4.60. The molecule has 1 heterocycles. The Morgan fingerprint density at radius 2 is 1.38 bits per heavy atom. The molecule has 3 heteroatoms.